The van der Waals surface area contributed by atoms with E-state index < -0.39 is 10.0 Å². The van der Waals surface area contributed by atoms with Crippen LogP contribution in [0.5, 0.6) is 0 Å². The summed E-state index contributed by atoms with van der Waals surface area (Å²) >= 11 is 6.07. The smallest absolute Gasteiger partial charge is 0.244 e. The minimum Gasteiger partial charge on any atom is -0.378 e. The van der Waals surface area contributed by atoms with E-state index in [1.165, 1.54) is 4.31 Å². The van der Waals surface area contributed by atoms with Crippen molar-refractivity contribution in [2.75, 3.05) is 26.2 Å². The third kappa shape index (κ3) is 5.31. The molecule has 0 unspecified atom stereocenters. The molecular formula is C15H24Cl2N2O3S. The Hall–Kier alpha value is -0.370. The summed E-state index contributed by atoms with van der Waals surface area (Å²) in [6, 6.07) is 5.06. The molecule has 0 saturated carbocycles. The van der Waals surface area contributed by atoms with Crippen LogP contribution in [0.3, 0.4) is 0 Å². The third-order valence-corrected chi connectivity index (χ3v) is 6.19. The Morgan fingerprint density at radius 1 is 1.35 bits per heavy atom. The summed E-state index contributed by atoms with van der Waals surface area (Å²) in [4.78, 5) is 0.191. The molecule has 0 amide bonds. The number of halogens is 2. The van der Waals surface area contributed by atoms with E-state index in [1.807, 2.05) is 6.92 Å². The Morgan fingerprint density at radius 2 is 2.00 bits per heavy atom. The minimum absolute atomic E-state index is 0. The highest BCUT2D eigenvalue weighted by atomic mass is 35.5. The van der Waals surface area contributed by atoms with Crippen molar-refractivity contribution in [3.8, 4) is 0 Å². The van der Waals surface area contributed by atoms with Crippen molar-refractivity contribution >= 4 is 34.0 Å². The number of rotatable bonds is 6. The molecule has 0 radical (unpaired) electrons. The first-order chi connectivity index (χ1) is 10.4. The van der Waals surface area contributed by atoms with E-state index >= 15 is 0 Å². The van der Waals surface area contributed by atoms with Crippen LogP contribution in [0.1, 0.15) is 24.8 Å². The van der Waals surface area contributed by atoms with E-state index in [0.29, 0.717) is 39.1 Å². The second-order valence-electron chi connectivity index (χ2n) is 5.55. The summed E-state index contributed by atoms with van der Waals surface area (Å²) in [5.74, 6) is 0. The molecular weight excluding hydrogens is 359 g/mol. The molecule has 23 heavy (non-hydrogen) atoms. The van der Waals surface area contributed by atoms with Crippen LogP contribution >= 0.6 is 24.0 Å². The number of nitrogens with zero attached hydrogens (tertiary/aromatic N) is 1. The lowest BCUT2D eigenvalue weighted by Crippen LogP contribution is -2.41. The number of hydrogen-bond donors (Lipinski definition) is 1. The Kier molecular flexibility index (Phi) is 8.27. The highest BCUT2D eigenvalue weighted by molar-refractivity contribution is 7.89. The van der Waals surface area contributed by atoms with Gasteiger partial charge in [0, 0.05) is 19.7 Å². The molecule has 1 saturated heterocycles. The van der Waals surface area contributed by atoms with Gasteiger partial charge < -0.3 is 10.5 Å². The second kappa shape index (κ2) is 9.20. The van der Waals surface area contributed by atoms with Crippen molar-refractivity contribution in [3.05, 3.63) is 28.8 Å². The van der Waals surface area contributed by atoms with Gasteiger partial charge in [-0.25, -0.2) is 8.42 Å². The normalized spacial score (nSPS) is 17.0. The molecule has 8 heteroatoms. The standard InChI is InChI=1S/C15H23ClN2O3S.ClH/c1-12-3-4-14(16)15(11-12)22(19,20)18-8-5-13(6-9-18)21-10-2-7-17;/h3-4,11,13H,2,5-10,17H2,1H3;1H. The number of aryl methyl sites for hydroxylation is 1. The molecule has 1 fully saturated rings. The molecule has 0 atom stereocenters. The summed E-state index contributed by atoms with van der Waals surface area (Å²) in [7, 11) is -3.54. The third-order valence-electron chi connectivity index (χ3n) is 3.81. The van der Waals surface area contributed by atoms with Crippen LogP contribution in [-0.2, 0) is 14.8 Å². The lowest BCUT2D eigenvalue weighted by Gasteiger charge is -2.31. The first-order valence-electron chi connectivity index (χ1n) is 7.53. The molecule has 0 spiro atoms. The number of ether oxygens (including phenoxy) is 1. The van der Waals surface area contributed by atoms with Gasteiger partial charge in [-0.1, -0.05) is 17.7 Å². The van der Waals surface area contributed by atoms with Gasteiger partial charge in [0.15, 0.2) is 0 Å². The second-order valence-corrected chi connectivity index (χ2v) is 7.86. The van der Waals surface area contributed by atoms with Gasteiger partial charge in [-0.15, -0.1) is 12.4 Å². The molecule has 0 bridgehead atoms. The number of sulfonamides is 1. The first kappa shape index (κ1) is 20.7. The molecule has 0 aromatic heterocycles. The van der Waals surface area contributed by atoms with E-state index in [9.17, 15) is 8.42 Å². The lowest BCUT2D eigenvalue weighted by atomic mass is 10.1. The maximum Gasteiger partial charge on any atom is 0.244 e. The topological polar surface area (TPSA) is 72.6 Å². The number of nitrogens with two attached hydrogens (primary N) is 1. The molecule has 0 aliphatic carbocycles. The molecule has 132 valence electrons. The van der Waals surface area contributed by atoms with Gasteiger partial charge in [0.25, 0.3) is 0 Å². The zero-order valence-electron chi connectivity index (χ0n) is 13.2. The summed E-state index contributed by atoms with van der Waals surface area (Å²) in [5, 5.41) is 0.270. The van der Waals surface area contributed by atoms with Crippen LogP contribution in [-0.4, -0.2) is 45.1 Å². The first-order valence-corrected chi connectivity index (χ1v) is 9.35. The van der Waals surface area contributed by atoms with E-state index in [2.05, 4.69) is 0 Å². The molecule has 2 rings (SSSR count). The van der Waals surface area contributed by atoms with E-state index in [-0.39, 0.29) is 28.4 Å². The number of hydrogen-bond acceptors (Lipinski definition) is 4. The van der Waals surface area contributed by atoms with Crippen molar-refractivity contribution in [3.63, 3.8) is 0 Å². The predicted molar refractivity (Wildman–Crippen MR) is 94.8 cm³/mol. The van der Waals surface area contributed by atoms with Crippen molar-refractivity contribution in [2.24, 2.45) is 5.73 Å². The Balaban J connectivity index is 0.00000264. The fourth-order valence-corrected chi connectivity index (χ4v) is 4.55. The highest BCUT2D eigenvalue weighted by Crippen LogP contribution is 2.28. The van der Waals surface area contributed by atoms with Gasteiger partial charge in [0.1, 0.15) is 4.90 Å². The van der Waals surface area contributed by atoms with Gasteiger partial charge in [-0.05, 0) is 50.4 Å². The Bertz CT molecular complexity index is 603. The quantitative estimate of drug-likeness (QED) is 0.767. The fourth-order valence-electron chi connectivity index (χ4n) is 2.52. The van der Waals surface area contributed by atoms with Gasteiger partial charge in [-0.3, -0.25) is 0 Å². The average molecular weight is 383 g/mol. The van der Waals surface area contributed by atoms with E-state index in [4.69, 9.17) is 22.1 Å². The average Bonchev–Trinajstić information content (AvgIpc) is 2.50. The lowest BCUT2D eigenvalue weighted by molar-refractivity contribution is 0.0209. The predicted octanol–water partition coefficient (Wildman–Crippen LogP) is 2.59. The molecule has 1 aromatic carbocycles. The molecule has 1 heterocycles. The summed E-state index contributed by atoms with van der Waals surface area (Å²) in [6.45, 7) is 4.02. The van der Waals surface area contributed by atoms with Crippen molar-refractivity contribution < 1.29 is 13.2 Å². The van der Waals surface area contributed by atoms with Crippen molar-refractivity contribution in [1.82, 2.24) is 4.31 Å². The van der Waals surface area contributed by atoms with Gasteiger partial charge >= 0.3 is 0 Å². The zero-order chi connectivity index (χ0) is 16.2. The summed E-state index contributed by atoms with van der Waals surface area (Å²) in [6.07, 6.45) is 2.35. The van der Waals surface area contributed by atoms with Gasteiger partial charge in [0.2, 0.25) is 10.0 Å². The molecule has 1 aliphatic heterocycles. The number of piperidine rings is 1. The van der Waals surface area contributed by atoms with Gasteiger partial charge in [-0.2, -0.15) is 4.31 Å². The van der Waals surface area contributed by atoms with E-state index in [0.717, 1.165) is 12.0 Å². The summed E-state index contributed by atoms with van der Waals surface area (Å²) in [5.41, 5.74) is 6.31. The minimum atomic E-state index is -3.54. The van der Waals surface area contributed by atoms with Crippen LogP contribution in [0, 0.1) is 6.92 Å². The Labute approximate surface area is 149 Å². The van der Waals surface area contributed by atoms with E-state index in [1.54, 1.807) is 18.2 Å². The molecule has 1 aliphatic rings. The van der Waals surface area contributed by atoms with Crippen molar-refractivity contribution in [1.29, 1.82) is 0 Å². The molecule has 2 N–H and O–H groups in total. The van der Waals surface area contributed by atoms with Crippen LogP contribution < -0.4 is 5.73 Å². The SMILES string of the molecule is Cc1ccc(Cl)c(S(=O)(=O)N2CCC(OCCCN)CC2)c1.Cl. The largest absolute Gasteiger partial charge is 0.378 e. The van der Waals surface area contributed by atoms with Crippen LogP contribution in [0.25, 0.3) is 0 Å². The fraction of sp³-hybridized carbons (Fsp3) is 0.600. The van der Waals surface area contributed by atoms with Crippen LogP contribution in [0.2, 0.25) is 5.02 Å². The monoisotopic (exact) mass is 382 g/mol. The molecule has 1 aromatic rings. The number of benzene rings is 1. The summed E-state index contributed by atoms with van der Waals surface area (Å²) < 4.78 is 32.6. The molecule has 5 nitrogen and oxygen atoms in total. The van der Waals surface area contributed by atoms with Crippen LogP contribution in [0.4, 0.5) is 0 Å². The van der Waals surface area contributed by atoms with Crippen LogP contribution in [0.15, 0.2) is 23.1 Å². The maximum atomic E-state index is 12.7. The Morgan fingerprint density at radius 3 is 2.61 bits per heavy atom. The zero-order valence-corrected chi connectivity index (χ0v) is 15.6. The van der Waals surface area contributed by atoms with Crippen molar-refractivity contribution in [2.45, 2.75) is 37.2 Å². The van der Waals surface area contributed by atoms with Gasteiger partial charge in [0.05, 0.1) is 11.1 Å². The highest BCUT2D eigenvalue weighted by Gasteiger charge is 2.31. The maximum absolute atomic E-state index is 12.7.